The van der Waals surface area contributed by atoms with Crippen LogP contribution in [0.5, 0.6) is 5.75 Å². The molecule has 164 valence electrons. The number of halogens is 3. The van der Waals surface area contributed by atoms with Gasteiger partial charge in [0.05, 0.1) is 17.4 Å². The molecule has 0 amide bonds. The Kier molecular flexibility index (Phi) is 5.30. The SMILES string of the molecule is Cc1cc(F)ccc1-c1cc2c(cn1)nc(-c1ccccc1)n2-c1ccc(OC(F)F)cc1. The highest BCUT2D eigenvalue weighted by atomic mass is 19.3. The average Bonchev–Trinajstić information content (AvgIpc) is 3.19. The van der Waals surface area contributed by atoms with Gasteiger partial charge >= 0.3 is 6.61 Å². The number of benzene rings is 3. The molecule has 7 heteroatoms. The first-order valence-electron chi connectivity index (χ1n) is 10.3. The summed E-state index contributed by atoms with van der Waals surface area (Å²) in [5, 5.41) is 0. The molecule has 0 radical (unpaired) electrons. The second kappa shape index (κ2) is 8.43. The summed E-state index contributed by atoms with van der Waals surface area (Å²) in [6, 6.07) is 22.5. The predicted octanol–water partition coefficient (Wildman–Crippen LogP) is 6.80. The summed E-state index contributed by atoms with van der Waals surface area (Å²) in [5.74, 6) is 0.450. The third kappa shape index (κ3) is 4.05. The molecule has 0 saturated carbocycles. The van der Waals surface area contributed by atoms with E-state index in [9.17, 15) is 13.2 Å². The Bertz CT molecular complexity index is 1430. The van der Waals surface area contributed by atoms with Gasteiger partial charge in [0.25, 0.3) is 0 Å². The number of hydrogen-bond acceptors (Lipinski definition) is 3. The lowest BCUT2D eigenvalue weighted by atomic mass is 10.0. The van der Waals surface area contributed by atoms with Crippen molar-refractivity contribution in [1.82, 2.24) is 14.5 Å². The molecule has 2 aromatic heterocycles. The molecule has 0 saturated heterocycles. The monoisotopic (exact) mass is 445 g/mol. The van der Waals surface area contributed by atoms with E-state index in [-0.39, 0.29) is 11.6 Å². The van der Waals surface area contributed by atoms with Crippen LogP contribution in [0.15, 0.2) is 85.1 Å². The number of hydrogen-bond donors (Lipinski definition) is 0. The van der Waals surface area contributed by atoms with E-state index < -0.39 is 6.61 Å². The number of fused-ring (bicyclic) bond motifs is 1. The Morgan fingerprint density at radius 1 is 0.909 bits per heavy atom. The molecule has 0 aliphatic heterocycles. The van der Waals surface area contributed by atoms with Crippen LogP contribution in [0.25, 0.3) is 39.4 Å². The van der Waals surface area contributed by atoms with Gasteiger partial charge in [-0.1, -0.05) is 30.3 Å². The van der Waals surface area contributed by atoms with Crippen LogP contribution >= 0.6 is 0 Å². The topological polar surface area (TPSA) is 39.9 Å². The highest BCUT2D eigenvalue weighted by Gasteiger charge is 2.17. The van der Waals surface area contributed by atoms with Crippen molar-refractivity contribution in [3.05, 3.63) is 96.4 Å². The van der Waals surface area contributed by atoms with Crippen LogP contribution in [0.3, 0.4) is 0 Å². The van der Waals surface area contributed by atoms with Crippen molar-refractivity contribution >= 4 is 11.0 Å². The molecular weight excluding hydrogens is 427 g/mol. The zero-order valence-corrected chi connectivity index (χ0v) is 17.5. The number of rotatable bonds is 5. The molecule has 33 heavy (non-hydrogen) atoms. The van der Waals surface area contributed by atoms with Gasteiger partial charge in [0.1, 0.15) is 22.9 Å². The van der Waals surface area contributed by atoms with E-state index in [1.165, 1.54) is 24.3 Å². The molecule has 0 unspecified atom stereocenters. The van der Waals surface area contributed by atoms with E-state index >= 15 is 0 Å². The maximum Gasteiger partial charge on any atom is 0.387 e. The third-order valence-electron chi connectivity index (χ3n) is 5.36. The zero-order chi connectivity index (χ0) is 22.9. The number of aromatic nitrogens is 3. The van der Waals surface area contributed by atoms with Crippen molar-refractivity contribution in [1.29, 1.82) is 0 Å². The lowest BCUT2D eigenvalue weighted by Gasteiger charge is -2.12. The minimum Gasteiger partial charge on any atom is -0.435 e. The van der Waals surface area contributed by atoms with Crippen LogP contribution < -0.4 is 4.74 Å². The molecule has 0 N–H and O–H groups in total. The molecule has 3 aromatic carbocycles. The summed E-state index contributed by atoms with van der Waals surface area (Å²) in [6.07, 6.45) is 1.69. The second-order valence-corrected chi connectivity index (χ2v) is 7.53. The Morgan fingerprint density at radius 2 is 1.67 bits per heavy atom. The Hall–Kier alpha value is -4.13. The number of pyridine rings is 1. The van der Waals surface area contributed by atoms with E-state index in [0.29, 0.717) is 17.0 Å². The van der Waals surface area contributed by atoms with Crippen molar-refractivity contribution in [3.8, 4) is 34.1 Å². The lowest BCUT2D eigenvalue weighted by molar-refractivity contribution is -0.0498. The van der Waals surface area contributed by atoms with Gasteiger partial charge in [-0.2, -0.15) is 8.78 Å². The fourth-order valence-corrected chi connectivity index (χ4v) is 3.86. The highest BCUT2D eigenvalue weighted by Crippen LogP contribution is 2.32. The summed E-state index contributed by atoms with van der Waals surface area (Å²) in [4.78, 5) is 9.35. The van der Waals surface area contributed by atoms with Gasteiger partial charge in [-0.05, 0) is 61.0 Å². The first-order chi connectivity index (χ1) is 16.0. The van der Waals surface area contributed by atoms with E-state index in [0.717, 1.165) is 27.9 Å². The maximum absolute atomic E-state index is 13.6. The van der Waals surface area contributed by atoms with Crippen LogP contribution in [-0.2, 0) is 0 Å². The standard InChI is InChI=1S/C26H18F3N3O/c1-16-13-18(27)7-12-21(16)22-14-24-23(15-30-22)31-25(17-5-3-2-4-6-17)32(24)19-8-10-20(11-9-19)33-26(28)29/h2-15,26H,1H3. The van der Waals surface area contributed by atoms with Gasteiger partial charge in [0.2, 0.25) is 0 Å². The number of aryl methyl sites for hydroxylation is 1. The predicted molar refractivity (Wildman–Crippen MR) is 121 cm³/mol. The first kappa shape index (κ1) is 20.8. The van der Waals surface area contributed by atoms with Crippen molar-refractivity contribution in [2.75, 3.05) is 0 Å². The molecule has 2 heterocycles. The van der Waals surface area contributed by atoms with Gasteiger partial charge in [-0.25, -0.2) is 9.37 Å². The lowest BCUT2D eigenvalue weighted by Crippen LogP contribution is -2.02. The van der Waals surface area contributed by atoms with E-state index in [2.05, 4.69) is 9.72 Å². The summed E-state index contributed by atoms with van der Waals surface area (Å²) in [7, 11) is 0. The van der Waals surface area contributed by atoms with Crippen molar-refractivity contribution in [3.63, 3.8) is 0 Å². The van der Waals surface area contributed by atoms with Crippen LogP contribution in [0.1, 0.15) is 5.56 Å². The van der Waals surface area contributed by atoms with E-state index in [1.807, 2.05) is 47.9 Å². The molecule has 5 aromatic rings. The maximum atomic E-state index is 13.6. The van der Waals surface area contributed by atoms with E-state index in [1.54, 1.807) is 24.4 Å². The minimum atomic E-state index is -2.89. The normalized spacial score (nSPS) is 11.3. The van der Waals surface area contributed by atoms with Crippen LogP contribution in [0, 0.1) is 12.7 Å². The Balaban J connectivity index is 1.71. The van der Waals surface area contributed by atoms with Crippen LogP contribution in [0.2, 0.25) is 0 Å². The first-order valence-corrected chi connectivity index (χ1v) is 10.3. The molecule has 0 atom stereocenters. The minimum absolute atomic E-state index is 0.0729. The van der Waals surface area contributed by atoms with Gasteiger partial charge < -0.3 is 4.74 Å². The highest BCUT2D eigenvalue weighted by molar-refractivity contribution is 5.86. The molecule has 0 spiro atoms. The van der Waals surface area contributed by atoms with Crippen molar-refractivity contribution in [2.45, 2.75) is 13.5 Å². The second-order valence-electron chi connectivity index (χ2n) is 7.53. The quantitative estimate of drug-likeness (QED) is 0.299. The fourth-order valence-electron chi connectivity index (χ4n) is 3.86. The summed E-state index contributed by atoms with van der Waals surface area (Å²) in [5.41, 5.74) is 5.33. The molecule has 4 nitrogen and oxygen atoms in total. The summed E-state index contributed by atoms with van der Waals surface area (Å²) >= 11 is 0. The third-order valence-corrected chi connectivity index (χ3v) is 5.36. The molecular formula is C26H18F3N3O. The number of imidazole rings is 1. The molecule has 0 aliphatic rings. The summed E-state index contributed by atoms with van der Waals surface area (Å²) < 4.78 is 45.2. The van der Waals surface area contributed by atoms with Gasteiger partial charge in [0.15, 0.2) is 0 Å². The summed E-state index contributed by atoms with van der Waals surface area (Å²) in [6.45, 7) is -1.06. The number of alkyl halides is 2. The van der Waals surface area contributed by atoms with Gasteiger partial charge in [0, 0.05) is 16.8 Å². The fraction of sp³-hybridized carbons (Fsp3) is 0.0769. The number of ether oxygens (including phenoxy) is 1. The van der Waals surface area contributed by atoms with E-state index in [4.69, 9.17) is 4.98 Å². The molecule has 0 bridgehead atoms. The Labute approximate surface area is 187 Å². The van der Waals surface area contributed by atoms with Crippen LogP contribution in [-0.4, -0.2) is 21.1 Å². The van der Waals surface area contributed by atoms with Crippen molar-refractivity contribution < 1.29 is 17.9 Å². The number of nitrogens with zero attached hydrogens (tertiary/aromatic N) is 3. The largest absolute Gasteiger partial charge is 0.435 e. The van der Waals surface area contributed by atoms with Gasteiger partial charge in [-0.3, -0.25) is 9.55 Å². The Morgan fingerprint density at radius 3 is 2.36 bits per heavy atom. The van der Waals surface area contributed by atoms with Gasteiger partial charge in [-0.15, -0.1) is 0 Å². The van der Waals surface area contributed by atoms with Crippen LogP contribution in [0.4, 0.5) is 13.2 Å². The van der Waals surface area contributed by atoms with Crippen molar-refractivity contribution in [2.24, 2.45) is 0 Å². The molecule has 0 aliphatic carbocycles. The smallest absolute Gasteiger partial charge is 0.387 e. The zero-order valence-electron chi connectivity index (χ0n) is 17.5. The molecule has 0 fully saturated rings. The average molecular weight is 445 g/mol. The molecule has 5 rings (SSSR count).